The van der Waals surface area contributed by atoms with Crippen LogP contribution in [-0.2, 0) is 6.18 Å². The van der Waals surface area contributed by atoms with E-state index in [4.69, 9.17) is 0 Å². The molecule has 0 aromatic heterocycles. The first kappa shape index (κ1) is 15.9. The van der Waals surface area contributed by atoms with E-state index in [0.29, 0.717) is 17.7 Å². The van der Waals surface area contributed by atoms with E-state index < -0.39 is 29.3 Å². The minimum Gasteiger partial charge on any atom is -0.322 e. The zero-order chi connectivity index (χ0) is 16.5. The van der Waals surface area contributed by atoms with E-state index >= 15 is 0 Å². The van der Waals surface area contributed by atoms with Crippen molar-refractivity contribution < 1.29 is 26.7 Å². The Bertz CT molecular complexity index is 724. The Morgan fingerprint density at radius 1 is 1.05 bits per heavy atom. The van der Waals surface area contributed by atoms with Crippen LogP contribution in [0.2, 0.25) is 0 Å². The van der Waals surface area contributed by atoms with E-state index in [9.17, 15) is 26.7 Å². The lowest BCUT2D eigenvalue weighted by molar-refractivity contribution is -0.140. The number of halogens is 5. The summed E-state index contributed by atoms with van der Waals surface area (Å²) in [5.74, 6) is -2.96. The standard InChI is InChI=1S/C15H10F5NO/c1-8-2-4-10(16)7-13(8)21-14(22)9-3-5-12(17)11(6-9)15(18,19)20/h2-7H,1H3,(H,21,22). The van der Waals surface area contributed by atoms with Gasteiger partial charge in [-0.1, -0.05) is 6.07 Å². The van der Waals surface area contributed by atoms with E-state index in [1.165, 1.54) is 12.1 Å². The van der Waals surface area contributed by atoms with Crippen LogP contribution in [0.3, 0.4) is 0 Å². The fraction of sp³-hybridized carbons (Fsp3) is 0.133. The van der Waals surface area contributed by atoms with Gasteiger partial charge in [-0.2, -0.15) is 13.2 Å². The lowest BCUT2D eigenvalue weighted by Gasteiger charge is -2.11. The molecule has 116 valence electrons. The SMILES string of the molecule is Cc1ccc(F)cc1NC(=O)c1ccc(F)c(C(F)(F)F)c1. The van der Waals surface area contributed by atoms with Crippen LogP contribution < -0.4 is 5.32 Å². The lowest BCUT2D eigenvalue weighted by atomic mass is 10.1. The smallest absolute Gasteiger partial charge is 0.322 e. The molecule has 2 aromatic carbocycles. The van der Waals surface area contributed by atoms with E-state index in [2.05, 4.69) is 5.32 Å². The van der Waals surface area contributed by atoms with Gasteiger partial charge in [0.25, 0.3) is 5.91 Å². The molecule has 0 saturated carbocycles. The van der Waals surface area contributed by atoms with Crippen LogP contribution in [0.15, 0.2) is 36.4 Å². The molecule has 0 aliphatic heterocycles. The molecule has 0 aliphatic carbocycles. The van der Waals surface area contributed by atoms with Crippen molar-refractivity contribution >= 4 is 11.6 Å². The van der Waals surface area contributed by atoms with Crippen molar-refractivity contribution in [1.29, 1.82) is 0 Å². The summed E-state index contributed by atoms with van der Waals surface area (Å²) in [4.78, 5) is 11.9. The zero-order valence-electron chi connectivity index (χ0n) is 11.3. The predicted molar refractivity (Wildman–Crippen MR) is 70.5 cm³/mol. The first-order valence-corrected chi connectivity index (χ1v) is 6.13. The van der Waals surface area contributed by atoms with Crippen molar-refractivity contribution in [2.75, 3.05) is 5.32 Å². The van der Waals surface area contributed by atoms with Crippen molar-refractivity contribution in [3.63, 3.8) is 0 Å². The number of alkyl halides is 3. The van der Waals surface area contributed by atoms with Gasteiger partial charge in [-0.3, -0.25) is 4.79 Å². The Kier molecular flexibility index (Phi) is 4.16. The summed E-state index contributed by atoms with van der Waals surface area (Å²) in [6.45, 7) is 1.60. The molecule has 0 bridgehead atoms. The molecule has 0 saturated heterocycles. The number of hydrogen-bond acceptors (Lipinski definition) is 1. The summed E-state index contributed by atoms with van der Waals surface area (Å²) < 4.78 is 64.1. The van der Waals surface area contributed by atoms with Gasteiger partial charge in [0.15, 0.2) is 0 Å². The number of aryl methyl sites for hydroxylation is 1. The summed E-state index contributed by atoms with van der Waals surface area (Å²) in [7, 11) is 0. The van der Waals surface area contributed by atoms with Crippen LogP contribution in [0.5, 0.6) is 0 Å². The number of benzene rings is 2. The number of nitrogens with one attached hydrogen (secondary N) is 1. The fourth-order valence-corrected chi connectivity index (χ4v) is 1.81. The first-order chi connectivity index (χ1) is 10.2. The number of carbonyl (C=O) groups excluding carboxylic acids is 1. The van der Waals surface area contributed by atoms with Gasteiger partial charge in [0, 0.05) is 11.3 Å². The highest BCUT2D eigenvalue weighted by atomic mass is 19.4. The highest BCUT2D eigenvalue weighted by Crippen LogP contribution is 2.32. The Morgan fingerprint density at radius 3 is 2.36 bits per heavy atom. The Hall–Kier alpha value is -2.44. The number of rotatable bonds is 2. The van der Waals surface area contributed by atoms with Crippen LogP contribution in [-0.4, -0.2) is 5.91 Å². The predicted octanol–water partition coefficient (Wildman–Crippen LogP) is 4.54. The van der Waals surface area contributed by atoms with E-state index in [1.807, 2.05) is 0 Å². The quantitative estimate of drug-likeness (QED) is 0.810. The molecular formula is C15H10F5NO. The fourth-order valence-electron chi connectivity index (χ4n) is 1.81. The molecule has 0 unspecified atom stereocenters. The van der Waals surface area contributed by atoms with Crippen molar-refractivity contribution in [2.45, 2.75) is 13.1 Å². The number of carbonyl (C=O) groups is 1. The molecule has 2 aromatic rings. The minimum atomic E-state index is -4.91. The molecular weight excluding hydrogens is 305 g/mol. The van der Waals surface area contributed by atoms with E-state index in [-0.39, 0.29) is 11.3 Å². The summed E-state index contributed by atoms with van der Waals surface area (Å²) >= 11 is 0. The van der Waals surface area contributed by atoms with Gasteiger partial charge in [-0.15, -0.1) is 0 Å². The largest absolute Gasteiger partial charge is 0.419 e. The number of amides is 1. The highest BCUT2D eigenvalue weighted by Gasteiger charge is 2.34. The summed E-state index contributed by atoms with van der Waals surface area (Å²) in [6, 6.07) is 5.55. The molecule has 7 heteroatoms. The van der Waals surface area contributed by atoms with Crippen molar-refractivity contribution in [3.05, 3.63) is 64.7 Å². The van der Waals surface area contributed by atoms with Crippen molar-refractivity contribution in [2.24, 2.45) is 0 Å². The molecule has 22 heavy (non-hydrogen) atoms. The molecule has 0 radical (unpaired) electrons. The maximum absolute atomic E-state index is 13.2. The normalized spacial score (nSPS) is 11.4. The lowest BCUT2D eigenvalue weighted by Crippen LogP contribution is -2.16. The minimum absolute atomic E-state index is 0.128. The third kappa shape index (κ3) is 3.41. The monoisotopic (exact) mass is 315 g/mol. The highest BCUT2D eigenvalue weighted by molar-refractivity contribution is 6.04. The van der Waals surface area contributed by atoms with Crippen LogP contribution in [0.4, 0.5) is 27.6 Å². The summed E-state index contributed by atoms with van der Waals surface area (Å²) in [6.07, 6.45) is -4.91. The van der Waals surface area contributed by atoms with Crippen molar-refractivity contribution in [1.82, 2.24) is 0 Å². The zero-order valence-corrected chi connectivity index (χ0v) is 11.3. The first-order valence-electron chi connectivity index (χ1n) is 6.13. The molecule has 1 amide bonds. The van der Waals surface area contributed by atoms with Gasteiger partial charge in [0.1, 0.15) is 11.6 Å². The maximum atomic E-state index is 13.2. The van der Waals surface area contributed by atoms with Crippen LogP contribution in [0.25, 0.3) is 0 Å². The molecule has 0 heterocycles. The second-order valence-corrected chi connectivity index (χ2v) is 4.61. The Balaban J connectivity index is 2.32. The van der Waals surface area contributed by atoms with Crippen LogP contribution >= 0.6 is 0 Å². The molecule has 2 rings (SSSR count). The van der Waals surface area contributed by atoms with Gasteiger partial charge in [0.2, 0.25) is 0 Å². The molecule has 2 nitrogen and oxygen atoms in total. The second kappa shape index (κ2) is 5.75. The van der Waals surface area contributed by atoms with Gasteiger partial charge >= 0.3 is 6.18 Å². The van der Waals surface area contributed by atoms with Crippen LogP contribution in [0, 0.1) is 18.6 Å². The molecule has 0 fully saturated rings. The van der Waals surface area contributed by atoms with E-state index in [1.54, 1.807) is 6.92 Å². The third-order valence-corrected chi connectivity index (χ3v) is 2.98. The van der Waals surface area contributed by atoms with E-state index in [0.717, 1.165) is 12.1 Å². The third-order valence-electron chi connectivity index (χ3n) is 2.98. The average molecular weight is 315 g/mol. The summed E-state index contributed by atoms with van der Waals surface area (Å²) in [5, 5.41) is 2.30. The maximum Gasteiger partial charge on any atom is 0.419 e. The van der Waals surface area contributed by atoms with Crippen molar-refractivity contribution in [3.8, 4) is 0 Å². The van der Waals surface area contributed by atoms with Gasteiger partial charge < -0.3 is 5.32 Å². The molecule has 0 atom stereocenters. The van der Waals surface area contributed by atoms with Gasteiger partial charge in [-0.05, 0) is 42.8 Å². The second-order valence-electron chi connectivity index (χ2n) is 4.61. The molecule has 1 N–H and O–H groups in total. The molecule has 0 aliphatic rings. The topological polar surface area (TPSA) is 29.1 Å². The summed E-state index contributed by atoms with van der Waals surface area (Å²) in [5.41, 5.74) is -1.25. The number of hydrogen-bond donors (Lipinski definition) is 1. The number of anilines is 1. The van der Waals surface area contributed by atoms with Crippen LogP contribution in [0.1, 0.15) is 21.5 Å². The Labute approximate surface area is 122 Å². The average Bonchev–Trinajstić information content (AvgIpc) is 2.42. The Morgan fingerprint density at radius 2 is 1.73 bits per heavy atom. The van der Waals surface area contributed by atoms with Gasteiger partial charge in [-0.25, -0.2) is 8.78 Å². The molecule has 0 spiro atoms. The van der Waals surface area contributed by atoms with Gasteiger partial charge in [0.05, 0.1) is 5.56 Å².